The highest BCUT2D eigenvalue weighted by atomic mass is 35.5. The van der Waals surface area contributed by atoms with Crippen LogP contribution in [0.25, 0.3) is 0 Å². The first kappa shape index (κ1) is 26.4. The van der Waals surface area contributed by atoms with Gasteiger partial charge in [0.25, 0.3) is 0 Å². The van der Waals surface area contributed by atoms with Crippen molar-refractivity contribution in [1.82, 2.24) is 0 Å². The number of halogens is 1. The monoisotopic (exact) mass is 450 g/mol. The first-order valence-electron chi connectivity index (χ1n) is 10.4. The third-order valence-corrected chi connectivity index (χ3v) is 4.65. The summed E-state index contributed by atoms with van der Waals surface area (Å²) in [7, 11) is 0. The number of benzene rings is 1. The highest BCUT2D eigenvalue weighted by molar-refractivity contribution is 6.33. The predicted molar refractivity (Wildman–Crippen MR) is 121 cm³/mol. The number of ketones is 1. The van der Waals surface area contributed by atoms with Crippen LogP contribution < -0.4 is 4.74 Å². The molecule has 0 saturated heterocycles. The fourth-order valence-electron chi connectivity index (χ4n) is 2.60. The van der Waals surface area contributed by atoms with E-state index in [4.69, 9.17) is 25.8 Å². The zero-order valence-electron chi connectivity index (χ0n) is 18.4. The minimum Gasteiger partial charge on any atom is -0.480 e. The van der Waals surface area contributed by atoms with Gasteiger partial charge >= 0.3 is 11.9 Å². The van der Waals surface area contributed by atoms with Crippen molar-refractivity contribution in [3.63, 3.8) is 0 Å². The molecule has 0 aliphatic heterocycles. The molecule has 0 unspecified atom stereocenters. The van der Waals surface area contributed by atoms with Gasteiger partial charge in [0, 0.05) is 12.8 Å². The Morgan fingerprint density at radius 3 is 2.61 bits per heavy atom. The first-order chi connectivity index (χ1) is 14.8. The second-order valence-electron chi connectivity index (χ2n) is 6.96. The van der Waals surface area contributed by atoms with Crippen molar-refractivity contribution in [3.05, 3.63) is 53.1 Å². The molecule has 1 atom stereocenters. The van der Waals surface area contributed by atoms with Crippen molar-refractivity contribution in [2.75, 3.05) is 13.2 Å². The van der Waals surface area contributed by atoms with Gasteiger partial charge < -0.3 is 14.2 Å². The molecule has 6 nitrogen and oxygen atoms in total. The average Bonchev–Trinajstić information content (AvgIpc) is 2.73. The lowest BCUT2D eigenvalue weighted by atomic mass is 10.0. The van der Waals surface area contributed by atoms with E-state index in [-0.39, 0.29) is 41.3 Å². The maximum absolute atomic E-state index is 12.7. The van der Waals surface area contributed by atoms with Crippen molar-refractivity contribution in [2.45, 2.75) is 59.0 Å². The molecule has 170 valence electrons. The number of carbonyl (C=O) groups is 3. The molecular weight excluding hydrogens is 420 g/mol. The van der Waals surface area contributed by atoms with Crippen LogP contribution in [0.15, 0.2) is 36.9 Å². The highest BCUT2D eigenvalue weighted by Gasteiger charge is 2.22. The Labute approximate surface area is 189 Å². The summed E-state index contributed by atoms with van der Waals surface area (Å²) in [5.41, 5.74) is 0.470. The van der Waals surface area contributed by atoms with Gasteiger partial charge in [-0.05, 0) is 43.5 Å². The van der Waals surface area contributed by atoms with Crippen molar-refractivity contribution in [3.8, 4) is 5.75 Å². The quantitative estimate of drug-likeness (QED) is 0.166. The minimum absolute atomic E-state index is 0.0884. The van der Waals surface area contributed by atoms with Crippen LogP contribution >= 0.6 is 11.6 Å². The number of hydrogen-bond donors (Lipinski definition) is 0. The van der Waals surface area contributed by atoms with Crippen LogP contribution in [0.2, 0.25) is 5.02 Å². The minimum atomic E-state index is -0.593. The molecular formula is C24H31ClO6. The number of rotatable bonds is 14. The molecule has 0 N–H and O–H groups in total. The summed E-state index contributed by atoms with van der Waals surface area (Å²) in [4.78, 5) is 36.8. The first-order valence-corrected chi connectivity index (χ1v) is 10.8. The normalized spacial score (nSPS) is 11.7. The van der Waals surface area contributed by atoms with E-state index in [1.807, 2.05) is 13.8 Å². The van der Waals surface area contributed by atoms with Crippen molar-refractivity contribution in [1.29, 1.82) is 0 Å². The van der Waals surface area contributed by atoms with E-state index in [2.05, 4.69) is 6.58 Å². The van der Waals surface area contributed by atoms with Gasteiger partial charge in [-0.25, -0.2) is 9.59 Å². The van der Waals surface area contributed by atoms with E-state index >= 15 is 0 Å². The molecule has 1 aromatic carbocycles. The van der Waals surface area contributed by atoms with Crippen LogP contribution in [0.5, 0.6) is 5.75 Å². The summed E-state index contributed by atoms with van der Waals surface area (Å²) in [6.45, 7) is 9.28. The number of unbranched alkanes of at least 4 members (excludes halogenated alkanes) is 1. The molecule has 0 amide bonds. The molecule has 0 aromatic heterocycles. The van der Waals surface area contributed by atoms with Gasteiger partial charge in [0.15, 0.2) is 12.4 Å². The summed E-state index contributed by atoms with van der Waals surface area (Å²) >= 11 is 6.47. The zero-order chi connectivity index (χ0) is 23.2. The number of hydrogen-bond acceptors (Lipinski definition) is 6. The van der Waals surface area contributed by atoms with Crippen molar-refractivity contribution < 1.29 is 28.6 Å². The average molecular weight is 451 g/mol. The fraction of sp³-hybridized carbons (Fsp3) is 0.458. The van der Waals surface area contributed by atoms with Gasteiger partial charge in [0.2, 0.25) is 0 Å². The van der Waals surface area contributed by atoms with Crippen LogP contribution in [0, 0.1) is 0 Å². The second-order valence-corrected chi connectivity index (χ2v) is 7.34. The third kappa shape index (κ3) is 9.39. The topological polar surface area (TPSA) is 78.9 Å². The Morgan fingerprint density at radius 2 is 1.97 bits per heavy atom. The second kappa shape index (κ2) is 14.4. The molecule has 1 aromatic rings. The van der Waals surface area contributed by atoms with Crippen LogP contribution in [0.1, 0.15) is 62.4 Å². The molecule has 7 heteroatoms. The lowest BCUT2D eigenvalue weighted by Gasteiger charge is -2.16. The number of esters is 2. The van der Waals surface area contributed by atoms with Gasteiger partial charge in [-0.3, -0.25) is 4.79 Å². The summed E-state index contributed by atoms with van der Waals surface area (Å²) in [6, 6.07) is 2.96. The van der Waals surface area contributed by atoms with E-state index in [9.17, 15) is 14.4 Å². The largest absolute Gasteiger partial charge is 0.480 e. The maximum atomic E-state index is 12.7. The summed E-state index contributed by atoms with van der Waals surface area (Å²) < 4.78 is 16.0. The lowest BCUT2D eigenvalue weighted by molar-refractivity contribution is -0.146. The number of allylic oxidation sites excluding steroid dienone is 2. The van der Waals surface area contributed by atoms with E-state index < -0.39 is 11.9 Å². The van der Waals surface area contributed by atoms with Crippen LogP contribution in [-0.2, 0) is 25.5 Å². The predicted octanol–water partition coefficient (Wildman–Crippen LogP) is 5.26. The van der Waals surface area contributed by atoms with E-state index in [1.54, 1.807) is 19.1 Å². The summed E-state index contributed by atoms with van der Waals surface area (Å²) in [5.74, 6) is -1.14. The maximum Gasteiger partial charge on any atom is 0.344 e. The molecule has 0 aliphatic carbocycles. The zero-order valence-corrected chi connectivity index (χ0v) is 19.2. The van der Waals surface area contributed by atoms with Crippen LogP contribution in [0.3, 0.4) is 0 Å². The molecule has 1 rings (SSSR count). The van der Waals surface area contributed by atoms with Gasteiger partial charge in [0.1, 0.15) is 11.9 Å². The standard InChI is InChI=1S/C24H31ClO6/c1-5-8-11-18(26)15-20-19(24(28)31-17(4)10-7-3)12-13-21(23(20)25)30-16-22(27)29-14-9-6-2/h7-8,11-13,17H,3,5-6,9-10,14-16H2,1-2,4H3/b11-8+/t17-/m1/s1. The van der Waals surface area contributed by atoms with Crippen molar-refractivity contribution in [2.24, 2.45) is 0 Å². The molecule has 0 heterocycles. The van der Waals surface area contributed by atoms with Gasteiger partial charge in [-0.15, -0.1) is 6.58 Å². The van der Waals surface area contributed by atoms with Gasteiger partial charge in [0.05, 0.1) is 17.2 Å². The SMILES string of the molecule is C=CC[C@@H](C)OC(=O)c1ccc(OCC(=O)OCCCC)c(Cl)c1CC(=O)/C=C/CC. The Bertz CT molecular complexity index is 800. The molecule has 0 bridgehead atoms. The number of ether oxygens (including phenoxy) is 3. The lowest BCUT2D eigenvalue weighted by Crippen LogP contribution is -2.18. The molecule has 0 aliphatic rings. The molecule has 0 saturated carbocycles. The Morgan fingerprint density at radius 1 is 1.23 bits per heavy atom. The van der Waals surface area contributed by atoms with Gasteiger partial charge in [-0.2, -0.15) is 0 Å². The molecule has 0 radical (unpaired) electrons. The Kier molecular flexibility index (Phi) is 12.3. The fourth-order valence-corrected chi connectivity index (χ4v) is 2.88. The molecule has 0 fully saturated rings. The van der Waals surface area contributed by atoms with E-state index in [0.717, 1.165) is 12.8 Å². The Balaban J connectivity index is 3.09. The smallest absolute Gasteiger partial charge is 0.344 e. The molecule has 0 spiro atoms. The van der Waals surface area contributed by atoms with Gasteiger partial charge in [-0.1, -0.05) is 44.0 Å². The Hall–Kier alpha value is -2.60. The third-order valence-electron chi connectivity index (χ3n) is 4.23. The number of carbonyl (C=O) groups excluding carboxylic acids is 3. The summed E-state index contributed by atoms with van der Waals surface area (Å²) in [6.07, 6.45) is 7.23. The molecule has 31 heavy (non-hydrogen) atoms. The van der Waals surface area contributed by atoms with E-state index in [1.165, 1.54) is 18.2 Å². The van der Waals surface area contributed by atoms with Crippen LogP contribution in [-0.4, -0.2) is 37.0 Å². The summed E-state index contributed by atoms with van der Waals surface area (Å²) in [5, 5.41) is 0.0884. The highest BCUT2D eigenvalue weighted by Crippen LogP contribution is 2.32. The van der Waals surface area contributed by atoms with Crippen LogP contribution in [0.4, 0.5) is 0 Å². The van der Waals surface area contributed by atoms with E-state index in [0.29, 0.717) is 25.0 Å². The van der Waals surface area contributed by atoms with Crippen molar-refractivity contribution >= 4 is 29.3 Å².